The number of rotatable bonds is 1. The predicted molar refractivity (Wildman–Crippen MR) is 75.8 cm³/mol. The van der Waals surface area contributed by atoms with Gasteiger partial charge in [0.05, 0.1) is 6.61 Å². The highest BCUT2D eigenvalue weighted by atomic mass is 79.9. The number of phosphoric acid groups is 1. The first-order valence-corrected chi connectivity index (χ1v) is 8.74. The van der Waals surface area contributed by atoms with Crippen molar-refractivity contribution in [3.05, 3.63) is 11.1 Å². The molecular weight excluding hydrogens is 397 g/mol. The standard InChI is InChI=1S/C10H11BrN5O6P/c11-10-15-4-7(12)13-2-14-8(4)16(10)9-5(17)6-3(21-9)1-20-23(18,19)22-6/h2-3,5-6,9,17H,1H2,(H,18,19)(H2,12,13,14)/p-1/t3?,5-,6-,9-/m1/s1. The fourth-order valence-electron chi connectivity index (χ4n) is 2.67. The molecule has 0 aliphatic carbocycles. The number of aromatic nitrogens is 4. The monoisotopic (exact) mass is 406 g/mol. The Balaban J connectivity index is 1.76. The molecule has 2 fully saturated rings. The van der Waals surface area contributed by atoms with Crippen molar-refractivity contribution in [3.8, 4) is 0 Å². The number of nitrogens with zero attached hydrogens (tertiary/aromatic N) is 4. The quantitative estimate of drug-likeness (QED) is 0.458. The van der Waals surface area contributed by atoms with Crippen molar-refractivity contribution in [1.29, 1.82) is 0 Å². The molecular formula is C10H10BrN5O6P-. The smallest absolute Gasteiger partial charge is 0.268 e. The van der Waals surface area contributed by atoms with Crippen LogP contribution < -0.4 is 10.6 Å². The Kier molecular flexibility index (Phi) is 3.47. The summed E-state index contributed by atoms with van der Waals surface area (Å²) in [5, 5.41) is 10.4. The molecule has 2 unspecified atom stereocenters. The number of halogens is 1. The molecule has 2 aromatic rings. The molecule has 11 nitrogen and oxygen atoms in total. The summed E-state index contributed by atoms with van der Waals surface area (Å²) in [6, 6.07) is 0. The van der Waals surface area contributed by atoms with E-state index in [0.717, 1.165) is 0 Å². The lowest BCUT2D eigenvalue weighted by Crippen LogP contribution is -2.41. The van der Waals surface area contributed by atoms with E-state index in [1.165, 1.54) is 10.9 Å². The highest BCUT2D eigenvalue weighted by Gasteiger charge is 2.50. The second-order valence-corrected chi connectivity index (χ2v) is 7.12. The van der Waals surface area contributed by atoms with E-state index < -0.39 is 32.4 Å². The van der Waals surface area contributed by atoms with Gasteiger partial charge in [-0.3, -0.25) is 9.13 Å². The second kappa shape index (κ2) is 5.18. The van der Waals surface area contributed by atoms with Crippen LogP contribution in [0.5, 0.6) is 0 Å². The SMILES string of the molecule is Nc1ncnc2c1nc(Br)n2[C@@H]1OC2COP(=O)([O-])O[C@H]2[C@H]1O. The number of hydrogen-bond acceptors (Lipinski definition) is 10. The minimum atomic E-state index is -4.44. The van der Waals surface area contributed by atoms with Gasteiger partial charge in [0.15, 0.2) is 27.9 Å². The largest absolute Gasteiger partial charge is 0.756 e. The molecule has 124 valence electrons. The number of phosphoric ester groups is 1. The summed E-state index contributed by atoms with van der Waals surface area (Å²) in [6.07, 6.45) is -2.80. The average molecular weight is 407 g/mol. The molecule has 23 heavy (non-hydrogen) atoms. The van der Waals surface area contributed by atoms with Crippen molar-refractivity contribution >= 4 is 40.7 Å². The number of hydrogen-bond donors (Lipinski definition) is 2. The average Bonchev–Trinajstić information content (AvgIpc) is 2.97. The normalized spacial score (nSPS) is 37.2. The molecule has 5 atom stereocenters. The van der Waals surface area contributed by atoms with Crippen LogP contribution in [0.15, 0.2) is 11.1 Å². The van der Waals surface area contributed by atoms with Crippen LogP contribution in [0.1, 0.15) is 6.23 Å². The molecule has 0 spiro atoms. The molecule has 0 amide bonds. The molecule has 0 saturated carbocycles. The first-order valence-electron chi connectivity index (χ1n) is 6.49. The van der Waals surface area contributed by atoms with E-state index in [1.807, 2.05) is 0 Å². The molecule has 2 aliphatic rings. The lowest BCUT2D eigenvalue weighted by molar-refractivity contribution is -0.245. The van der Waals surface area contributed by atoms with Gasteiger partial charge in [0.2, 0.25) is 0 Å². The van der Waals surface area contributed by atoms with Crippen LogP contribution in [0.3, 0.4) is 0 Å². The molecule has 2 aliphatic heterocycles. The van der Waals surface area contributed by atoms with Crippen LogP contribution in [0.2, 0.25) is 0 Å². The number of aliphatic hydroxyl groups excluding tert-OH is 1. The van der Waals surface area contributed by atoms with E-state index in [9.17, 15) is 14.6 Å². The summed E-state index contributed by atoms with van der Waals surface area (Å²) in [6.45, 7) is -0.236. The van der Waals surface area contributed by atoms with E-state index in [0.29, 0.717) is 15.9 Å². The second-order valence-electron chi connectivity index (χ2n) is 5.05. The van der Waals surface area contributed by atoms with Gasteiger partial charge in [-0.1, -0.05) is 0 Å². The third-order valence-electron chi connectivity index (χ3n) is 3.67. The van der Waals surface area contributed by atoms with Crippen molar-refractivity contribution in [3.63, 3.8) is 0 Å². The van der Waals surface area contributed by atoms with E-state index in [1.54, 1.807) is 0 Å². The van der Waals surface area contributed by atoms with Gasteiger partial charge in [-0.05, 0) is 15.9 Å². The van der Waals surface area contributed by atoms with E-state index in [4.69, 9.17) is 15.0 Å². The molecule has 13 heteroatoms. The summed E-state index contributed by atoms with van der Waals surface area (Å²) >= 11 is 3.25. The van der Waals surface area contributed by atoms with Gasteiger partial charge in [-0.15, -0.1) is 0 Å². The zero-order valence-corrected chi connectivity index (χ0v) is 13.8. The molecule has 0 radical (unpaired) electrons. The Hall–Kier alpha value is -1.14. The third kappa shape index (κ3) is 2.38. The minimum absolute atomic E-state index is 0.169. The number of fused-ring (bicyclic) bond motifs is 2. The zero-order valence-electron chi connectivity index (χ0n) is 11.3. The maximum atomic E-state index is 11.4. The molecule has 2 saturated heterocycles. The highest BCUT2D eigenvalue weighted by molar-refractivity contribution is 9.10. The predicted octanol–water partition coefficient (Wildman–Crippen LogP) is -0.687. The number of anilines is 1. The van der Waals surface area contributed by atoms with Gasteiger partial charge in [-0.25, -0.2) is 15.0 Å². The molecule has 3 N–H and O–H groups in total. The van der Waals surface area contributed by atoms with Crippen molar-refractivity contribution in [2.24, 2.45) is 0 Å². The van der Waals surface area contributed by atoms with E-state index in [2.05, 4.69) is 35.4 Å². The molecule has 0 bridgehead atoms. The lowest BCUT2D eigenvalue weighted by Gasteiger charge is -2.34. The summed E-state index contributed by atoms with van der Waals surface area (Å²) in [5.74, 6) is 0.169. The summed E-state index contributed by atoms with van der Waals surface area (Å²) < 4.78 is 28.2. The maximum absolute atomic E-state index is 11.4. The van der Waals surface area contributed by atoms with Gasteiger partial charge in [-0.2, -0.15) is 0 Å². The minimum Gasteiger partial charge on any atom is -0.756 e. The first-order chi connectivity index (χ1) is 10.9. The van der Waals surface area contributed by atoms with Gasteiger partial charge < -0.3 is 29.5 Å². The molecule has 0 aromatic carbocycles. The van der Waals surface area contributed by atoms with Gasteiger partial charge in [0.25, 0.3) is 7.82 Å². The van der Waals surface area contributed by atoms with E-state index in [-0.39, 0.29) is 12.4 Å². The van der Waals surface area contributed by atoms with Crippen LogP contribution in [0.25, 0.3) is 11.2 Å². The highest BCUT2D eigenvalue weighted by Crippen LogP contribution is 2.50. The summed E-state index contributed by atoms with van der Waals surface area (Å²) in [5.41, 5.74) is 6.41. The third-order valence-corrected chi connectivity index (χ3v) is 5.20. The fourth-order valence-corrected chi connectivity index (χ4v) is 4.16. The van der Waals surface area contributed by atoms with Gasteiger partial charge in [0.1, 0.15) is 24.6 Å². The zero-order chi connectivity index (χ0) is 16.4. The van der Waals surface area contributed by atoms with Crippen LogP contribution in [-0.2, 0) is 18.3 Å². The number of nitrogen functional groups attached to an aromatic ring is 1. The molecule has 4 rings (SSSR count). The number of aliphatic hydroxyl groups is 1. The fraction of sp³-hybridized carbons (Fsp3) is 0.500. The topological polar surface area (TPSA) is 158 Å². The molecule has 4 heterocycles. The van der Waals surface area contributed by atoms with Gasteiger partial charge in [0, 0.05) is 0 Å². The van der Waals surface area contributed by atoms with Crippen molar-refractivity contribution in [2.45, 2.75) is 24.5 Å². The van der Waals surface area contributed by atoms with Crippen molar-refractivity contribution < 1.29 is 28.3 Å². The Bertz CT molecular complexity index is 831. The summed E-state index contributed by atoms with van der Waals surface area (Å²) in [7, 11) is -4.44. The Morgan fingerprint density at radius 1 is 1.52 bits per heavy atom. The van der Waals surface area contributed by atoms with Crippen LogP contribution in [0, 0.1) is 0 Å². The molecule has 2 aromatic heterocycles. The number of imidazole rings is 1. The summed E-state index contributed by atoms with van der Waals surface area (Å²) in [4.78, 5) is 23.5. The van der Waals surface area contributed by atoms with Crippen molar-refractivity contribution in [1.82, 2.24) is 19.5 Å². The lowest BCUT2D eigenvalue weighted by atomic mass is 10.1. The van der Waals surface area contributed by atoms with Crippen molar-refractivity contribution in [2.75, 3.05) is 12.3 Å². The Morgan fingerprint density at radius 3 is 3.09 bits per heavy atom. The first kappa shape index (κ1) is 15.4. The Morgan fingerprint density at radius 2 is 2.30 bits per heavy atom. The Labute approximate surface area is 137 Å². The van der Waals surface area contributed by atoms with Crippen LogP contribution in [0.4, 0.5) is 5.82 Å². The van der Waals surface area contributed by atoms with E-state index >= 15 is 0 Å². The van der Waals surface area contributed by atoms with Crippen LogP contribution >= 0.6 is 23.8 Å². The number of nitrogens with two attached hydrogens (primary N) is 1. The van der Waals surface area contributed by atoms with Crippen LogP contribution in [-0.4, -0.2) is 49.5 Å². The number of ether oxygens (including phenoxy) is 1. The van der Waals surface area contributed by atoms with Gasteiger partial charge >= 0.3 is 0 Å². The maximum Gasteiger partial charge on any atom is 0.268 e.